The molecule has 0 saturated heterocycles. The molecule has 1 aromatic heterocycles. The lowest BCUT2D eigenvalue weighted by atomic mass is 10.1. The molecule has 1 heterocycles. The fraction of sp³-hybridized carbons (Fsp3) is 0.316. The van der Waals surface area contributed by atoms with Gasteiger partial charge in [-0.2, -0.15) is 0 Å². The lowest BCUT2D eigenvalue weighted by molar-refractivity contribution is 0.650. The highest BCUT2D eigenvalue weighted by atomic mass is 15.1. The summed E-state index contributed by atoms with van der Waals surface area (Å²) in [4.78, 5) is 4.80. The van der Waals surface area contributed by atoms with Gasteiger partial charge in [0.1, 0.15) is 11.3 Å². The molecule has 0 unspecified atom stereocenters. The van der Waals surface area contributed by atoms with Gasteiger partial charge in [0.2, 0.25) is 0 Å². The second-order valence-corrected chi connectivity index (χ2v) is 5.88. The zero-order chi connectivity index (χ0) is 15.5. The van der Waals surface area contributed by atoms with Gasteiger partial charge in [0.25, 0.3) is 0 Å². The van der Waals surface area contributed by atoms with Crippen molar-refractivity contribution in [3.05, 3.63) is 59.4 Å². The van der Waals surface area contributed by atoms with Crippen LogP contribution in [0.25, 0.3) is 11.0 Å². The summed E-state index contributed by atoms with van der Waals surface area (Å²) in [5, 5.41) is 0. The Bertz CT molecular complexity index is 769. The Morgan fingerprint density at radius 2 is 1.82 bits per heavy atom. The van der Waals surface area contributed by atoms with E-state index in [0.717, 1.165) is 48.4 Å². The molecule has 3 nitrogen and oxygen atoms in total. The first-order valence-corrected chi connectivity index (χ1v) is 7.98. The van der Waals surface area contributed by atoms with Crippen LogP contribution in [0.1, 0.15) is 30.3 Å². The molecule has 22 heavy (non-hydrogen) atoms. The average Bonchev–Trinajstić information content (AvgIpc) is 2.87. The van der Waals surface area contributed by atoms with Crippen molar-refractivity contribution in [2.45, 2.75) is 39.7 Å². The van der Waals surface area contributed by atoms with E-state index in [1.54, 1.807) is 0 Å². The highest BCUT2D eigenvalue weighted by Crippen LogP contribution is 2.23. The van der Waals surface area contributed by atoms with E-state index >= 15 is 0 Å². The zero-order valence-corrected chi connectivity index (χ0v) is 13.3. The van der Waals surface area contributed by atoms with Crippen LogP contribution in [0.2, 0.25) is 0 Å². The molecule has 0 amide bonds. The minimum atomic E-state index is 0.768. The van der Waals surface area contributed by atoms with Crippen molar-refractivity contribution in [1.29, 1.82) is 0 Å². The van der Waals surface area contributed by atoms with Crippen LogP contribution in [0.3, 0.4) is 0 Å². The molecular formula is C19H23N3. The molecule has 0 aliphatic carbocycles. The summed E-state index contributed by atoms with van der Waals surface area (Å²) >= 11 is 0. The first-order valence-electron chi connectivity index (χ1n) is 7.98. The van der Waals surface area contributed by atoms with Gasteiger partial charge in [0.05, 0.1) is 11.2 Å². The fourth-order valence-electron chi connectivity index (χ4n) is 2.89. The van der Waals surface area contributed by atoms with Gasteiger partial charge < -0.3 is 10.3 Å². The van der Waals surface area contributed by atoms with Gasteiger partial charge in [-0.25, -0.2) is 4.98 Å². The van der Waals surface area contributed by atoms with E-state index in [9.17, 15) is 0 Å². The summed E-state index contributed by atoms with van der Waals surface area (Å²) in [5.74, 6) is 1.13. The van der Waals surface area contributed by atoms with Crippen molar-refractivity contribution >= 4 is 16.7 Å². The van der Waals surface area contributed by atoms with Gasteiger partial charge >= 0.3 is 0 Å². The lowest BCUT2D eigenvalue weighted by Gasteiger charge is -2.08. The quantitative estimate of drug-likeness (QED) is 0.719. The van der Waals surface area contributed by atoms with E-state index in [0.29, 0.717) is 0 Å². The predicted molar refractivity (Wildman–Crippen MR) is 93.0 cm³/mol. The molecule has 2 N–H and O–H groups in total. The number of fused-ring (bicyclic) bond motifs is 1. The van der Waals surface area contributed by atoms with Crippen molar-refractivity contribution in [3.63, 3.8) is 0 Å². The fourth-order valence-corrected chi connectivity index (χ4v) is 2.89. The number of hydrogen-bond donors (Lipinski definition) is 1. The maximum Gasteiger partial charge on any atom is 0.112 e. The van der Waals surface area contributed by atoms with Crippen molar-refractivity contribution in [2.24, 2.45) is 0 Å². The first kappa shape index (κ1) is 14.6. The second kappa shape index (κ2) is 6.22. The van der Waals surface area contributed by atoms with Crippen molar-refractivity contribution < 1.29 is 0 Å². The standard InChI is InChI=1S/C19H23N3/c1-3-13-22-17-6-4-5-16(20)19(17)21-18(22)12-11-15-9-7-14(2)8-10-15/h4-10H,3,11-13,20H2,1-2H3. The molecule has 3 aromatic rings. The minimum Gasteiger partial charge on any atom is -0.397 e. The van der Waals surface area contributed by atoms with Crippen LogP contribution in [-0.2, 0) is 19.4 Å². The molecule has 0 atom stereocenters. The number of nitrogen functional groups attached to an aromatic ring is 1. The van der Waals surface area contributed by atoms with E-state index in [1.165, 1.54) is 11.1 Å². The number of hydrogen-bond acceptors (Lipinski definition) is 2. The number of benzene rings is 2. The Labute approximate surface area is 131 Å². The van der Waals surface area contributed by atoms with Gasteiger partial charge in [-0.15, -0.1) is 0 Å². The van der Waals surface area contributed by atoms with E-state index in [-0.39, 0.29) is 0 Å². The Balaban J connectivity index is 1.90. The van der Waals surface area contributed by atoms with Crippen LogP contribution in [0.5, 0.6) is 0 Å². The maximum atomic E-state index is 6.08. The third-order valence-electron chi connectivity index (χ3n) is 4.09. The number of nitrogens with zero attached hydrogens (tertiary/aromatic N) is 2. The zero-order valence-electron chi connectivity index (χ0n) is 13.3. The molecule has 0 radical (unpaired) electrons. The molecular weight excluding hydrogens is 270 g/mol. The maximum absolute atomic E-state index is 6.08. The monoisotopic (exact) mass is 293 g/mol. The lowest BCUT2D eigenvalue weighted by Crippen LogP contribution is -2.05. The van der Waals surface area contributed by atoms with Crippen LogP contribution in [-0.4, -0.2) is 9.55 Å². The number of rotatable bonds is 5. The summed E-state index contributed by atoms with van der Waals surface area (Å²) in [6, 6.07) is 14.8. The van der Waals surface area contributed by atoms with Crippen molar-refractivity contribution in [3.8, 4) is 0 Å². The van der Waals surface area contributed by atoms with Crippen molar-refractivity contribution in [1.82, 2.24) is 9.55 Å². The molecule has 0 saturated carbocycles. The van der Waals surface area contributed by atoms with E-state index in [1.807, 2.05) is 12.1 Å². The normalized spacial score (nSPS) is 11.2. The molecule has 0 bridgehead atoms. The second-order valence-electron chi connectivity index (χ2n) is 5.88. The first-order chi connectivity index (χ1) is 10.7. The van der Waals surface area contributed by atoms with Crippen LogP contribution < -0.4 is 5.73 Å². The van der Waals surface area contributed by atoms with Crippen LogP contribution >= 0.6 is 0 Å². The largest absolute Gasteiger partial charge is 0.397 e. The third kappa shape index (κ3) is 2.84. The Morgan fingerprint density at radius 3 is 2.55 bits per heavy atom. The summed E-state index contributed by atoms with van der Waals surface area (Å²) in [6.07, 6.45) is 3.04. The molecule has 0 aliphatic rings. The topological polar surface area (TPSA) is 43.8 Å². The van der Waals surface area contributed by atoms with Crippen molar-refractivity contribution in [2.75, 3.05) is 5.73 Å². The Kier molecular flexibility index (Phi) is 4.14. The summed E-state index contributed by atoms with van der Waals surface area (Å²) in [6.45, 7) is 5.30. The molecule has 2 aromatic carbocycles. The van der Waals surface area contributed by atoms with Crippen LogP contribution in [0, 0.1) is 6.92 Å². The Morgan fingerprint density at radius 1 is 1.05 bits per heavy atom. The van der Waals surface area contributed by atoms with Gasteiger partial charge in [-0.3, -0.25) is 0 Å². The highest BCUT2D eigenvalue weighted by molar-refractivity contribution is 5.87. The summed E-state index contributed by atoms with van der Waals surface area (Å²) in [5.41, 5.74) is 11.6. The average molecular weight is 293 g/mol. The van der Waals surface area contributed by atoms with Gasteiger partial charge in [0, 0.05) is 13.0 Å². The van der Waals surface area contributed by atoms with E-state index in [4.69, 9.17) is 10.7 Å². The molecule has 0 spiro atoms. The van der Waals surface area contributed by atoms with Gasteiger partial charge in [-0.05, 0) is 37.5 Å². The number of anilines is 1. The molecule has 3 heteroatoms. The number of para-hydroxylation sites is 1. The number of aromatic nitrogens is 2. The molecule has 0 aliphatic heterocycles. The number of imidazole rings is 1. The smallest absolute Gasteiger partial charge is 0.112 e. The van der Waals surface area contributed by atoms with Gasteiger partial charge in [-0.1, -0.05) is 42.8 Å². The molecule has 114 valence electrons. The summed E-state index contributed by atoms with van der Waals surface area (Å²) < 4.78 is 2.32. The summed E-state index contributed by atoms with van der Waals surface area (Å²) in [7, 11) is 0. The highest BCUT2D eigenvalue weighted by Gasteiger charge is 2.11. The number of nitrogens with two attached hydrogens (primary N) is 1. The van der Waals surface area contributed by atoms with Crippen LogP contribution in [0.15, 0.2) is 42.5 Å². The van der Waals surface area contributed by atoms with E-state index < -0.39 is 0 Å². The van der Waals surface area contributed by atoms with Crippen LogP contribution in [0.4, 0.5) is 5.69 Å². The number of aryl methyl sites for hydroxylation is 4. The Hall–Kier alpha value is -2.29. The van der Waals surface area contributed by atoms with E-state index in [2.05, 4.69) is 48.7 Å². The predicted octanol–water partition coefficient (Wildman–Crippen LogP) is 4.12. The minimum absolute atomic E-state index is 0.768. The molecule has 0 fully saturated rings. The third-order valence-corrected chi connectivity index (χ3v) is 4.09. The SMILES string of the molecule is CCCn1c(CCc2ccc(C)cc2)nc2c(N)cccc21. The van der Waals surface area contributed by atoms with Gasteiger partial charge in [0.15, 0.2) is 0 Å². The molecule has 3 rings (SSSR count).